The number of nitrogens with zero attached hydrogens (tertiary/aromatic N) is 2. The molecule has 1 aromatic rings. The second-order valence-electron chi connectivity index (χ2n) is 6.26. The molecule has 1 aliphatic rings. The Kier molecular flexibility index (Phi) is 8.02. The van der Waals surface area contributed by atoms with E-state index in [4.69, 9.17) is 4.74 Å². The molecular formula is C18H28BrN3O2. The number of carbonyl (C=O) groups is 1. The Bertz CT molecular complexity index is 531. The molecule has 0 radical (unpaired) electrons. The third-order valence-corrected chi connectivity index (χ3v) is 4.95. The van der Waals surface area contributed by atoms with E-state index in [1.165, 1.54) is 5.56 Å². The number of benzene rings is 1. The zero-order valence-corrected chi connectivity index (χ0v) is 16.3. The van der Waals surface area contributed by atoms with E-state index in [2.05, 4.69) is 45.0 Å². The molecule has 1 amide bonds. The van der Waals surface area contributed by atoms with Crippen LogP contribution in [-0.2, 0) is 11.2 Å². The van der Waals surface area contributed by atoms with E-state index in [9.17, 15) is 4.79 Å². The largest absolute Gasteiger partial charge is 0.483 e. The summed E-state index contributed by atoms with van der Waals surface area (Å²) in [5.41, 5.74) is 1.24. The van der Waals surface area contributed by atoms with Crippen molar-refractivity contribution < 1.29 is 9.53 Å². The predicted octanol–water partition coefficient (Wildman–Crippen LogP) is 2.14. The Balaban J connectivity index is 1.60. The first-order valence-corrected chi connectivity index (χ1v) is 9.46. The molecule has 24 heavy (non-hydrogen) atoms. The molecule has 1 N–H and O–H groups in total. The van der Waals surface area contributed by atoms with E-state index in [0.29, 0.717) is 12.3 Å². The van der Waals surface area contributed by atoms with Gasteiger partial charge in [0, 0.05) is 32.7 Å². The van der Waals surface area contributed by atoms with Gasteiger partial charge < -0.3 is 19.9 Å². The number of ether oxygens (including phenoxy) is 1. The third kappa shape index (κ3) is 6.42. The van der Waals surface area contributed by atoms with E-state index >= 15 is 0 Å². The second-order valence-corrected chi connectivity index (χ2v) is 7.11. The number of carbonyl (C=O) groups excluding carboxylic acids is 1. The number of halogens is 1. The molecule has 0 saturated carbocycles. The van der Waals surface area contributed by atoms with Gasteiger partial charge in [-0.1, -0.05) is 13.0 Å². The maximum atomic E-state index is 11.9. The highest BCUT2D eigenvalue weighted by Gasteiger charge is 2.13. The summed E-state index contributed by atoms with van der Waals surface area (Å²) < 4.78 is 6.48. The van der Waals surface area contributed by atoms with Crippen LogP contribution in [0, 0.1) is 0 Å². The number of rotatable bonds is 8. The first-order valence-electron chi connectivity index (χ1n) is 8.67. The van der Waals surface area contributed by atoms with Gasteiger partial charge in [-0.25, -0.2) is 0 Å². The van der Waals surface area contributed by atoms with Crippen LogP contribution in [-0.4, -0.2) is 68.6 Å². The highest BCUT2D eigenvalue weighted by atomic mass is 79.9. The molecule has 6 heteroatoms. The molecular weight excluding hydrogens is 370 g/mol. The minimum atomic E-state index is -0.0696. The average molecular weight is 398 g/mol. The van der Waals surface area contributed by atoms with Gasteiger partial charge in [-0.3, -0.25) is 4.79 Å². The van der Waals surface area contributed by atoms with Crippen molar-refractivity contribution in [3.05, 3.63) is 28.2 Å². The SMILES string of the molecule is CCc1ccc(OCC(=O)NCCCN2CCN(C)CC2)c(Br)c1. The van der Waals surface area contributed by atoms with Crippen molar-refractivity contribution in [2.45, 2.75) is 19.8 Å². The summed E-state index contributed by atoms with van der Waals surface area (Å²) in [6.45, 7) is 8.41. The normalized spacial score (nSPS) is 16.1. The Hall–Kier alpha value is -1.11. The molecule has 1 aliphatic heterocycles. The van der Waals surface area contributed by atoms with Crippen LogP contribution in [0.4, 0.5) is 0 Å². The van der Waals surface area contributed by atoms with Gasteiger partial charge in [-0.2, -0.15) is 0 Å². The molecule has 1 heterocycles. The van der Waals surface area contributed by atoms with E-state index < -0.39 is 0 Å². The van der Waals surface area contributed by atoms with Crippen molar-refractivity contribution in [1.29, 1.82) is 0 Å². The molecule has 0 unspecified atom stereocenters. The molecule has 0 atom stereocenters. The molecule has 0 spiro atoms. The molecule has 5 nitrogen and oxygen atoms in total. The van der Waals surface area contributed by atoms with Crippen LogP contribution in [0.2, 0.25) is 0 Å². The Morgan fingerprint density at radius 1 is 1.29 bits per heavy atom. The molecule has 0 aromatic heterocycles. The lowest BCUT2D eigenvalue weighted by Gasteiger charge is -2.32. The summed E-state index contributed by atoms with van der Waals surface area (Å²) in [5.74, 6) is 0.639. The maximum absolute atomic E-state index is 11.9. The molecule has 2 rings (SSSR count). The van der Waals surface area contributed by atoms with Gasteiger partial charge in [0.15, 0.2) is 6.61 Å². The van der Waals surface area contributed by atoms with Crippen LogP contribution < -0.4 is 10.1 Å². The number of hydrogen-bond donors (Lipinski definition) is 1. The maximum Gasteiger partial charge on any atom is 0.257 e. The number of piperazine rings is 1. The summed E-state index contributed by atoms with van der Waals surface area (Å²) in [6.07, 6.45) is 1.96. The van der Waals surface area contributed by atoms with Crippen LogP contribution in [0.1, 0.15) is 18.9 Å². The topological polar surface area (TPSA) is 44.8 Å². The monoisotopic (exact) mass is 397 g/mol. The summed E-state index contributed by atoms with van der Waals surface area (Å²) in [4.78, 5) is 16.7. The fourth-order valence-electron chi connectivity index (χ4n) is 2.68. The van der Waals surface area contributed by atoms with Crippen molar-refractivity contribution in [3.8, 4) is 5.75 Å². The van der Waals surface area contributed by atoms with E-state index in [0.717, 1.165) is 50.0 Å². The fraction of sp³-hybridized carbons (Fsp3) is 0.611. The first kappa shape index (κ1) is 19.2. The van der Waals surface area contributed by atoms with Gasteiger partial charge in [-0.05, 0) is 60.1 Å². The minimum absolute atomic E-state index is 0.0541. The molecule has 0 bridgehead atoms. The minimum Gasteiger partial charge on any atom is -0.483 e. The lowest BCUT2D eigenvalue weighted by molar-refractivity contribution is -0.123. The number of nitrogens with one attached hydrogen (secondary N) is 1. The van der Waals surface area contributed by atoms with Gasteiger partial charge >= 0.3 is 0 Å². The Labute approximate surface area is 153 Å². The average Bonchev–Trinajstić information content (AvgIpc) is 2.59. The zero-order valence-electron chi connectivity index (χ0n) is 14.7. The van der Waals surface area contributed by atoms with Crippen molar-refractivity contribution in [2.24, 2.45) is 0 Å². The molecule has 134 valence electrons. The lowest BCUT2D eigenvalue weighted by Crippen LogP contribution is -2.45. The quantitative estimate of drug-likeness (QED) is 0.682. The van der Waals surface area contributed by atoms with Crippen molar-refractivity contribution in [1.82, 2.24) is 15.1 Å². The van der Waals surface area contributed by atoms with Crippen LogP contribution in [0.25, 0.3) is 0 Å². The zero-order chi connectivity index (χ0) is 17.4. The van der Waals surface area contributed by atoms with Gasteiger partial charge in [0.25, 0.3) is 5.91 Å². The third-order valence-electron chi connectivity index (χ3n) is 4.33. The van der Waals surface area contributed by atoms with Crippen LogP contribution in [0.15, 0.2) is 22.7 Å². The predicted molar refractivity (Wildman–Crippen MR) is 101 cm³/mol. The van der Waals surface area contributed by atoms with E-state index in [-0.39, 0.29) is 12.5 Å². The van der Waals surface area contributed by atoms with Gasteiger partial charge in [0.2, 0.25) is 0 Å². The Morgan fingerprint density at radius 2 is 2.04 bits per heavy atom. The van der Waals surface area contributed by atoms with E-state index in [1.807, 2.05) is 18.2 Å². The molecule has 0 aliphatic carbocycles. The number of likely N-dealkylation sites (N-methyl/N-ethyl adjacent to an activating group) is 1. The van der Waals surface area contributed by atoms with Gasteiger partial charge in [0.1, 0.15) is 5.75 Å². The highest BCUT2D eigenvalue weighted by molar-refractivity contribution is 9.10. The molecule has 1 fully saturated rings. The highest BCUT2D eigenvalue weighted by Crippen LogP contribution is 2.26. The molecule has 1 saturated heterocycles. The van der Waals surface area contributed by atoms with Gasteiger partial charge in [0.05, 0.1) is 4.47 Å². The summed E-state index contributed by atoms with van der Waals surface area (Å²) in [7, 11) is 2.16. The smallest absolute Gasteiger partial charge is 0.257 e. The standard InChI is InChI=1S/C18H28BrN3O2/c1-3-15-5-6-17(16(19)13-15)24-14-18(23)20-7-4-8-22-11-9-21(2)10-12-22/h5-6,13H,3-4,7-12,14H2,1-2H3,(H,20,23). The fourth-order valence-corrected chi connectivity index (χ4v) is 3.22. The van der Waals surface area contributed by atoms with Crippen molar-refractivity contribution in [3.63, 3.8) is 0 Å². The summed E-state index contributed by atoms with van der Waals surface area (Å²) in [6, 6.07) is 5.96. The second kappa shape index (κ2) is 10.0. The van der Waals surface area contributed by atoms with Crippen LogP contribution >= 0.6 is 15.9 Å². The first-order chi connectivity index (χ1) is 11.6. The Morgan fingerprint density at radius 3 is 2.71 bits per heavy atom. The molecule has 1 aromatic carbocycles. The summed E-state index contributed by atoms with van der Waals surface area (Å²) >= 11 is 3.48. The van der Waals surface area contributed by atoms with E-state index in [1.54, 1.807) is 0 Å². The number of amides is 1. The van der Waals surface area contributed by atoms with Crippen LogP contribution in [0.3, 0.4) is 0 Å². The summed E-state index contributed by atoms with van der Waals surface area (Å²) in [5, 5.41) is 2.93. The van der Waals surface area contributed by atoms with Crippen molar-refractivity contribution in [2.75, 3.05) is 52.9 Å². The van der Waals surface area contributed by atoms with Crippen LogP contribution in [0.5, 0.6) is 5.75 Å². The van der Waals surface area contributed by atoms with Gasteiger partial charge in [-0.15, -0.1) is 0 Å². The lowest BCUT2D eigenvalue weighted by atomic mass is 10.2. The van der Waals surface area contributed by atoms with Crippen molar-refractivity contribution >= 4 is 21.8 Å². The number of hydrogen-bond acceptors (Lipinski definition) is 4. The number of aryl methyl sites for hydroxylation is 1.